The molecule has 0 fully saturated rings. The molecule has 2 rings (SSSR count). The maximum absolute atomic E-state index is 11.8. The van der Waals surface area contributed by atoms with Crippen LogP contribution >= 0.6 is 0 Å². The second-order valence-corrected chi connectivity index (χ2v) is 5.45. The quantitative estimate of drug-likeness (QED) is 0.859. The number of hydrogen-bond acceptors (Lipinski definition) is 3. The Labute approximate surface area is 131 Å². The van der Waals surface area contributed by atoms with Gasteiger partial charge in [-0.2, -0.15) is 0 Å². The van der Waals surface area contributed by atoms with Gasteiger partial charge in [0.25, 0.3) is 0 Å². The zero-order valence-electron chi connectivity index (χ0n) is 13.0. The molecule has 5 nitrogen and oxygen atoms in total. The highest BCUT2D eigenvalue weighted by Crippen LogP contribution is 2.06. The van der Waals surface area contributed by atoms with Gasteiger partial charge in [-0.1, -0.05) is 30.3 Å². The van der Waals surface area contributed by atoms with Gasteiger partial charge in [-0.3, -0.25) is 4.98 Å². The fourth-order valence-electron chi connectivity index (χ4n) is 2.06. The van der Waals surface area contributed by atoms with Crippen LogP contribution in [0.4, 0.5) is 4.79 Å². The van der Waals surface area contributed by atoms with E-state index in [0.29, 0.717) is 13.1 Å². The third-order valence-electron chi connectivity index (χ3n) is 3.15. The molecule has 2 N–H and O–H groups in total. The summed E-state index contributed by atoms with van der Waals surface area (Å²) in [4.78, 5) is 17.9. The number of nitrogens with one attached hydrogen (secondary N) is 2. The van der Waals surface area contributed by atoms with Crippen molar-refractivity contribution in [3.63, 3.8) is 0 Å². The molecular weight excluding hydrogens is 276 g/mol. The molecule has 0 unspecified atom stereocenters. The molecule has 0 bridgehead atoms. The lowest BCUT2D eigenvalue weighted by molar-refractivity contribution is 0.240. The van der Waals surface area contributed by atoms with E-state index in [1.54, 1.807) is 12.4 Å². The minimum absolute atomic E-state index is 0.179. The van der Waals surface area contributed by atoms with E-state index in [9.17, 15) is 4.79 Å². The van der Waals surface area contributed by atoms with Crippen LogP contribution in [0.5, 0.6) is 0 Å². The van der Waals surface area contributed by atoms with Crippen molar-refractivity contribution in [1.82, 2.24) is 20.5 Å². The average Bonchev–Trinajstić information content (AvgIpc) is 2.53. The summed E-state index contributed by atoms with van der Waals surface area (Å²) in [6.45, 7) is 1.90. The number of hydrogen-bond donors (Lipinski definition) is 2. The third kappa shape index (κ3) is 5.54. The largest absolute Gasteiger partial charge is 0.334 e. The van der Waals surface area contributed by atoms with Gasteiger partial charge in [0.15, 0.2) is 0 Å². The number of carbonyl (C=O) groups is 1. The highest BCUT2D eigenvalue weighted by molar-refractivity contribution is 5.73. The Hall–Kier alpha value is -2.40. The normalized spacial score (nSPS) is 10.5. The van der Waals surface area contributed by atoms with Crippen LogP contribution in [-0.2, 0) is 19.6 Å². The number of amides is 2. The van der Waals surface area contributed by atoms with Crippen LogP contribution in [0.1, 0.15) is 16.7 Å². The molecular formula is C17H22N4O. The summed E-state index contributed by atoms with van der Waals surface area (Å²) in [7, 11) is 4.09. The lowest BCUT2D eigenvalue weighted by Crippen LogP contribution is -2.34. The molecule has 1 aromatic carbocycles. The van der Waals surface area contributed by atoms with Gasteiger partial charge in [-0.05, 0) is 36.9 Å². The van der Waals surface area contributed by atoms with Gasteiger partial charge >= 0.3 is 6.03 Å². The fourth-order valence-corrected chi connectivity index (χ4v) is 2.06. The van der Waals surface area contributed by atoms with Crippen molar-refractivity contribution in [2.75, 3.05) is 14.1 Å². The monoisotopic (exact) mass is 298 g/mol. The van der Waals surface area contributed by atoms with Crippen LogP contribution in [0.15, 0.2) is 48.8 Å². The molecule has 22 heavy (non-hydrogen) atoms. The van der Waals surface area contributed by atoms with Crippen LogP contribution < -0.4 is 10.6 Å². The predicted octanol–water partition coefficient (Wildman–Crippen LogP) is 2.14. The molecule has 0 aliphatic heterocycles. The van der Waals surface area contributed by atoms with E-state index in [1.165, 1.54) is 5.56 Å². The van der Waals surface area contributed by atoms with E-state index >= 15 is 0 Å². The highest BCUT2D eigenvalue weighted by atomic mass is 16.2. The number of carbonyl (C=O) groups excluding carboxylic acids is 1. The lowest BCUT2D eigenvalue weighted by Gasteiger charge is -2.11. The number of benzene rings is 1. The standard InChI is InChI=1S/C17H22N4O/c1-21(2)13-15-7-5-14(6-8-15)11-19-17(22)20-12-16-4-3-9-18-10-16/h3-10H,11-13H2,1-2H3,(H2,19,20,22). The van der Waals surface area contributed by atoms with E-state index in [2.05, 4.69) is 32.7 Å². The molecule has 0 atom stereocenters. The summed E-state index contributed by atoms with van der Waals surface area (Å²) in [5, 5.41) is 5.66. The minimum Gasteiger partial charge on any atom is -0.334 e. The van der Waals surface area contributed by atoms with Crippen LogP contribution in [0, 0.1) is 0 Å². The highest BCUT2D eigenvalue weighted by Gasteiger charge is 2.01. The topological polar surface area (TPSA) is 57.3 Å². The maximum atomic E-state index is 11.8. The van der Waals surface area contributed by atoms with E-state index < -0.39 is 0 Å². The average molecular weight is 298 g/mol. The molecule has 0 aliphatic carbocycles. The van der Waals surface area contributed by atoms with Gasteiger partial charge in [0.05, 0.1) is 0 Å². The van der Waals surface area contributed by atoms with E-state index in [-0.39, 0.29) is 6.03 Å². The first-order valence-electron chi connectivity index (χ1n) is 7.26. The molecule has 2 aromatic rings. The van der Waals surface area contributed by atoms with Crippen LogP contribution in [-0.4, -0.2) is 30.0 Å². The van der Waals surface area contributed by atoms with Crippen LogP contribution in [0.2, 0.25) is 0 Å². The van der Waals surface area contributed by atoms with Gasteiger partial charge in [0.1, 0.15) is 0 Å². The van der Waals surface area contributed by atoms with E-state index in [4.69, 9.17) is 0 Å². The Bertz CT molecular complexity index is 581. The number of nitrogens with zero attached hydrogens (tertiary/aromatic N) is 2. The lowest BCUT2D eigenvalue weighted by atomic mass is 10.1. The Morgan fingerprint density at radius 1 is 1.00 bits per heavy atom. The minimum atomic E-state index is -0.179. The summed E-state index contributed by atoms with van der Waals surface area (Å²) in [5.74, 6) is 0. The zero-order valence-corrected chi connectivity index (χ0v) is 13.0. The van der Waals surface area contributed by atoms with E-state index in [1.807, 2.05) is 38.4 Å². The molecule has 0 radical (unpaired) electrons. The number of rotatable bonds is 6. The molecule has 2 amide bonds. The van der Waals surface area contributed by atoms with Crippen molar-refractivity contribution in [1.29, 1.82) is 0 Å². The van der Waals surface area contributed by atoms with Gasteiger partial charge < -0.3 is 15.5 Å². The molecule has 0 saturated heterocycles. The van der Waals surface area contributed by atoms with E-state index in [0.717, 1.165) is 17.7 Å². The first-order valence-corrected chi connectivity index (χ1v) is 7.26. The fraction of sp³-hybridized carbons (Fsp3) is 0.294. The molecule has 1 aromatic heterocycles. The molecule has 0 spiro atoms. The first kappa shape index (κ1) is 16.0. The number of aromatic nitrogens is 1. The number of pyridine rings is 1. The van der Waals surface area contributed by atoms with Crippen molar-refractivity contribution in [3.8, 4) is 0 Å². The summed E-state index contributed by atoms with van der Waals surface area (Å²) in [6.07, 6.45) is 3.45. The van der Waals surface area contributed by atoms with Gasteiger partial charge in [0.2, 0.25) is 0 Å². The van der Waals surface area contributed by atoms with Crippen LogP contribution in [0.25, 0.3) is 0 Å². The second-order valence-electron chi connectivity index (χ2n) is 5.45. The SMILES string of the molecule is CN(C)Cc1ccc(CNC(=O)NCc2cccnc2)cc1. The second kappa shape index (κ2) is 8.14. The maximum Gasteiger partial charge on any atom is 0.315 e. The summed E-state index contributed by atoms with van der Waals surface area (Å²) in [6, 6.07) is 11.9. The Morgan fingerprint density at radius 2 is 1.64 bits per heavy atom. The first-order chi connectivity index (χ1) is 10.6. The molecule has 5 heteroatoms. The van der Waals surface area contributed by atoms with Crippen LogP contribution in [0.3, 0.4) is 0 Å². The summed E-state index contributed by atoms with van der Waals surface area (Å²) < 4.78 is 0. The molecule has 1 heterocycles. The zero-order chi connectivity index (χ0) is 15.8. The van der Waals surface area contributed by atoms with Gasteiger partial charge in [-0.15, -0.1) is 0 Å². The number of urea groups is 1. The third-order valence-corrected chi connectivity index (χ3v) is 3.15. The Kier molecular flexibility index (Phi) is 5.91. The molecule has 0 saturated carbocycles. The van der Waals surface area contributed by atoms with Crippen molar-refractivity contribution >= 4 is 6.03 Å². The Morgan fingerprint density at radius 3 is 2.23 bits per heavy atom. The molecule has 0 aliphatic rings. The van der Waals surface area contributed by atoms with Crippen molar-refractivity contribution in [3.05, 3.63) is 65.5 Å². The van der Waals surface area contributed by atoms with Crippen molar-refractivity contribution in [2.45, 2.75) is 19.6 Å². The smallest absolute Gasteiger partial charge is 0.315 e. The van der Waals surface area contributed by atoms with Crippen molar-refractivity contribution in [2.24, 2.45) is 0 Å². The molecule has 116 valence electrons. The summed E-state index contributed by atoms with van der Waals surface area (Å²) >= 11 is 0. The van der Waals surface area contributed by atoms with Crippen molar-refractivity contribution < 1.29 is 4.79 Å². The Balaban J connectivity index is 1.74. The summed E-state index contributed by atoms with van der Waals surface area (Å²) in [5.41, 5.74) is 3.32. The predicted molar refractivity (Wildman–Crippen MR) is 87.1 cm³/mol. The van der Waals surface area contributed by atoms with Gasteiger partial charge in [-0.25, -0.2) is 4.79 Å². The van der Waals surface area contributed by atoms with Gasteiger partial charge in [0, 0.05) is 32.0 Å².